The van der Waals surface area contributed by atoms with Crippen LogP contribution in [0, 0.1) is 0 Å². The summed E-state index contributed by atoms with van der Waals surface area (Å²) in [6.45, 7) is 2.82. The largest absolute Gasteiger partial charge is 0.299 e. The Kier molecular flexibility index (Phi) is 5.30. The monoisotopic (exact) mass is 430 g/mol. The Hall–Kier alpha value is -3.39. The van der Waals surface area contributed by atoms with Gasteiger partial charge in [-0.05, 0) is 30.0 Å². The molecule has 0 spiro atoms. The third-order valence-electron chi connectivity index (χ3n) is 5.30. The Bertz CT molecular complexity index is 1450. The van der Waals surface area contributed by atoms with Crippen LogP contribution in [0.15, 0.2) is 58.0 Å². The maximum atomic E-state index is 13.4. The topological polar surface area (TPSA) is 78.0 Å². The smallest absolute Gasteiger partial charge is 0.265 e. The molecule has 0 bridgehead atoms. The van der Waals surface area contributed by atoms with Gasteiger partial charge in [0.25, 0.3) is 5.56 Å². The minimum absolute atomic E-state index is 0.0962. The summed E-state index contributed by atoms with van der Waals surface area (Å²) in [5.41, 5.74) is 2.96. The number of nitrogens with zero attached hydrogens (tertiary/aromatic N) is 6. The highest BCUT2D eigenvalue weighted by Gasteiger charge is 2.19. The summed E-state index contributed by atoms with van der Waals surface area (Å²) in [5, 5.41) is 7.08. The average molecular weight is 431 g/mol. The molecule has 0 fully saturated rings. The van der Waals surface area contributed by atoms with E-state index in [0.717, 1.165) is 35.2 Å². The molecule has 1 aromatic carbocycles. The maximum absolute atomic E-state index is 13.4. The predicted octanol–water partition coefficient (Wildman–Crippen LogP) is 4.82. The summed E-state index contributed by atoms with van der Waals surface area (Å²) in [6.07, 6.45) is 7.75. The van der Waals surface area contributed by atoms with E-state index >= 15 is 0 Å². The third-order valence-corrected chi connectivity index (χ3v) is 6.11. The lowest BCUT2D eigenvalue weighted by molar-refractivity contribution is 0.567. The standard InChI is InChI=1S/C23H22N6OS/c1-2-3-4-7-12-28-15-24-21-19(23(28)30)20-22(27-18-11-6-5-10-17(18)26-20)29(21)25-14-16-9-8-13-31-16/h5-6,8-11,13-15H,2-4,7,12H2,1H3/b25-14+. The second-order valence-corrected chi connectivity index (χ2v) is 8.44. The van der Waals surface area contributed by atoms with Gasteiger partial charge in [-0.1, -0.05) is 44.4 Å². The van der Waals surface area contributed by atoms with Crippen LogP contribution in [0.1, 0.15) is 37.5 Å². The van der Waals surface area contributed by atoms with E-state index in [9.17, 15) is 4.79 Å². The number of hydrogen-bond donors (Lipinski definition) is 0. The van der Waals surface area contributed by atoms with Gasteiger partial charge in [0.2, 0.25) is 0 Å². The highest BCUT2D eigenvalue weighted by atomic mass is 32.1. The fourth-order valence-electron chi connectivity index (χ4n) is 3.71. The molecule has 5 rings (SSSR count). The molecular weight excluding hydrogens is 408 g/mol. The number of unbranched alkanes of at least 4 members (excludes halogenated alkanes) is 3. The number of hydrogen-bond acceptors (Lipinski definition) is 6. The van der Waals surface area contributed by atoms with Crippen molar-refractivity contribution in [3.63, 3.8) is 0 Å². The molecule has 8 heteroatoms. The number of benzene rings is 1. The van der Waals surface area contributed by atoms with E-state index in [-0.39, 0.29) is 5.56 Å². The first-order chi connectivity index (χ1) is 15.3. The van der Waals surface area contributed by atoms with E-state index < -0.39 is 0 Å². The Balaban J connectivity index is 1.72. The van der Waals surface area contributed by atoms with Crippen LogP contribution in [0.3, 0.4) is 0 Å². The number of thiophene rings is 1. The summed E-state index contributed by atoms with van der Waals surface area (Å²) in [4.78, 5) is 28.5. The number of rotatable bonds is 7. The van der Waals surface area contributed by atoms with Crippen molar-refractivity contribution in [2.75, 3.05) is 0 Å². The second-order valence-electron chi connectivity index (χ2n) is 7.46. The Morgan fingerprint density at radius 3 is 2.65 bits per heavy atom. The van der Waals surface area contributed by atoms with Gasteiger partial charge in [-0.2, -0.15) is 9.78 Å². The first-order valence-corrected chi connectivity index (χ1v) is 11.4. The molecule has 0 N–H and O–H groups in total. The van der Waals surface area contributed by atoms with E-state index in [1.54, 1.807) is 33.1 Å². The van der Waals surface area contributed by atoms with Crippen molar-refractivity contribution in [1.29, 1.82) is 0 Å². The molecule has 0 aliphatic heterocycles. The van der Waals surface area contributed by atoms with Gasteiger partial charge in [0, 0.05) is 11.4 Å². The molecule has 0 radical (unpaired) electrons. The van der Waals surface area contributed by atoms with Gasteiger partial charge < -0.3 is 0 Å². The van der Waals surface area contributed by atoms with Gasteiger partial charge in [0.1, 0.15) is 10.9 Å². The lowest BCUT2D eigenvalue weighted by Gasteiger charge is -2.05. The van der Waals surface area contributed by atoms with E-state index in [4.69, 9.17) is 9.97 Å². The van der Waals surface area contributed by atoms with Gasteiger partial charge in [-0.3, -0.25) is 9.36 Å². The fourth-order valence-corrected chi connectivity index (χ4v) is 4.29. The zero-order valence-corrected chi connectivity index (χ0v) is 18.0. The highest BCUT2D eigenvalue weighted by molar-refractivity contribution is 7.11. The van der Waals surface area contributed by atoms with Crippen LogP contribution in [0.5, 0.6) is 0 Å². The third kappa shape index (κ3) is 3.63. The zero-order valence-electron chi connectivity index (χ0n) is 17.2. The molecule has 0 saturated heterocycles. The van der Waals surface area contributed by atoms with E-state index in [1.165, 1.54) is 6.42 Å². The van der Waals surface area contributed by atoms with Crippen molar-refractivity contribution in [2.45, 2.75) is 39.2 Å². The summed E-state index contributed by atoms with van der Waals surface area (Å²) < 4.78 is 3.31. The molecule has 0 aliphatic carbocycles. The highest BCUT2D eigenvalue weighted by Crippen LogP contribution is 2.25. The van der Waals surface area contributed by atoms with E-state index in [1.807, 2.05) is 41.8 Å². The summed E-state index contributed by atoms with van der Waals surface area (Å²) in [5.74, 6) is 0. The predicted molar refractivity (Wildman–Crippen MR) is 126 cm³/mol. The molecule has 7 nitrogen and oxygen atoms in total. The minimum atomic E-state index is -0.0962. The van der Waals surface area contributed by atoms with Crippen molar-refractivity contribution in [1.82, 2.24) is 24.2 Å². The van der Waals surface area contributed by atoms with E-state index in [0.29, 0.717) is 28.7 Å². The average Bonchev–Trinajstić information content (AvgIpc) is 3.41. The van der Waals surface area contributed by atoms with Crippen molar-refractivity contribution in [3.8, 4) is 0 Å². The van der Waals surface area contributed by atoms with Crippen LogP contribution < -0.4 is 5.56 Å². The van der Waals surface area contributed by atoms with Crippen molar-refractivity contribution < 1.29 is 0 Å². The number of para-hydroxylation sites is 2. The van der Waals surface area contributed by atoms with Crippen molar-refractivity contribution >= 4 is 50.8 Å². The Labute approximate surface area is 182 Å². The van der Waals surface area contributed by atoms with Crippen molar-refractivity contribution in [3.05, 3.63) is 63.3 Å². The molecule has 31 heavy (non-hydrogen) atoms. The summed E-state index contributed by atoms with van der Waals surface area (Å²) >= 11 is 1.59. The summed E-state index contributed by atoms with van der Waals surface area (Å²) in [6, 6.07) is 11.6. The molecule has 156 valence electrons. The first kappa shape index (κ1) is 19.6. The first-order valence-electron chi connectivity index (χ1n) is 10.5. The molecule has 4 aromatic heterocycles. The normalized spacial score (nSPS) is 12.0. The van der Waals surface area contributed by atoms with Crippen LogP contribution in [-0.2, 0) is 6.54 Å². The molecule has 0 aliphatic rings. The van der Waals surface area contributed by atoms with Gasteiger partial charge in [-0.15, -0.1) is 11.3 Å². The molecule has 4 heterocycles. The zero-order chi connectivity index (χ0) is 21.2. The molecule has 5 aromatic rings. The quantitative estimate of drug-likeness (QED) is 0.274. The van der Waals surface area contributed by atoms with Crippen LogP contribution in [-0.4, -0.2) is 30.4 Å². The number of aryl methyl sites for hydroxylation is 1. The molecule has 0 amide bonds. The Morgan fingerprint density at radius 1 is 1.03 bits per heavy atom. The van der Waals surface area contributed by atoms with Crippen molar-refractivity contribution in [2.24, 2.45) is 5.10 Å². The van der Waals surface area contributed by atoms with Gasteiger partial charge >= 0.3 is 0 Å². The Morgan fingerprint density at radius 2 is 1.87 bits per heavy atom. The fraction of sp³-hybridized carbons (Fsp3) is 0.261. The lowest BCUT2D eigenvalue weighted by atomic mass is 10.2. The van der Waals surface area contributed by atoms with Gasteiger partial charge in [0.15, 0.2) is 11.3 Å². The SMILES string of the molecule is CCCCCCn1cnc2c(c1=O)c1nc3ccccc3nc1n2/N=C/c1cccs1. The van der Waals surface area contributed by atoms with Crippen LogP contribution in [0.2, 0.25) is 0 Å². The molecular formula is C23H22N6OS. The summed E-state index contributed by atoms with van der Waals surface area (Å²) in [7, 11) is 0. The van der Waals surface area contributed by atoms with Gasteiger partial charge in [-0.25, -0.2) is 15.0 Å². The van der Waals surface area contributed by atoms with Crippen LogP contribution >= 0.6 is 11.3 Å². The maximum Gasteiger partial charge on any atom is 0.265 e. The number of aromatic nitrogens is 5. The lowest BCUT2D eigenvalue weighted by Crippen LogP contribution is -2.20. The molecule has 0 atom stereocenters. The molecule has 0 unspecified atom stereocenters. The second kappa shape index (κ2) is 8.39. The van der Waals surface area contributed by atoms with Crippen LogP contribution in [0.25, 0.3) is 33.2 Å². The minimum Gasteiger partial charge on any atom is -0.299 e. The van der Waals surface area contributed by atoms with Crippen LogP contribution in [0.4, 0.5) is 0 Å². The van der Waals surface area contributed by atoms with E-state index in [2.05, 4.69) is 17.0 Å². The molecule has 0 saturated carbocycles. The van der Waals surface area contributed by atoms with Gasteiger partial charge in [0.05, 0.1) is 23.6 Å². The number of fused-ring (bicyclic) bond motifs is 4.